The van der Waals surface area contributed by atoms with Gasteiger partial charge in [0.2, 0.25) is 0 Å². The lowest BCUT2D eigenvalue weighted by Gasteiger charge is -2.15. The van der Waals surface area contributed by atoms with E-state index in [0.717, 1.165) is 27.5 Å². The van der Waals surface area contributed by atoms with Gasteiger partial charge in [0.1, 0.15) is 11.2 Å². The van der Waals surface area contributed by atoms with Gasteiger partial charge in [-0.15, -0.1) is 0 Å². The van der Waals surface area contributed by atoms with Gasteiger partial charge in [-0.25, -0.2) is 0 Å². The first-order valence-electron chi connectivity index (χ1n) is 10.6. The number of halogens is 1. The van der Waals surface area contributed by atoms with Crippen molar-refractivity contribution < 1.29 is 4.42 Å². The van der Waals surface area contributed by atoms with Crippen molar-refractivity contribution in [3.8, 4) is 33.4 Å². The summed E-state index contributed by atoms with van der Waals surface area (Å²) in [4.78, 5) is 0. The lowest BCUT2D eigenvalue weighted by atomic mass is 9.88. The quantitative estimate of drug-likeness (QED) is 0.272. The predicted molar refractivity (Wildman–Crippen MR) is 135 cm³/mol. The molecule has 0 aliphatic carbocycles. The van der Waals surface area contributed by atoms with Gasteiger partial charge in [-0.1, -0.05) is 103 Å². The summed E-state index contributed by atoms with van der Waals surface area (Å²) in [6.07, 6.45) is 0. The maximum absolute atomic E-state index is 6.35. The van der Waals surface area contributed by atoms with E-state index < -0.39 is 0 Å². The van der Waals surface area contributed by atoms with E-state index in [9.17, 15) is 0 Å². The van der Waals surface area contributed by atoms with Crippen molar-refractivity contribution in [3.05, 3.63) is 120 Å². The van der Waals surface area contributed by atoms with Crippen LogP contribution >= 0.6 is 11.6 Å². The van der Waals surface area contributed by atoms with Crippen LogP contribution in [0.5, 0.6) is 0 Å². The van der Waals surface area contributed by atoms with Crippen LogP contribution in [0.1, 0.15) is 0 Å². The van der Waals surface area contributed by atoms with Crippen LogP contribution in [0.15, 0.2) is 120 Å². The number of fused-ring (bicyclic) bond motifs is 3. The van der Waals surface area contributed by atoms with Crippen LogP contribution in [0, 0.1) is 0 Å². The van der Waals surface area contributed by atoms with Crippen LogP contribution in [0.3, 0.4) is 0 Å². The zero-order chi connectivity index (χ0) is 21.5. The molecule has 0 unspecified atom stereocenters. The minimum Gasteiger partial charge on any atom is -0.456 e. The Morgan fingerprint density at radius 2 is 1.06 bits per heavy atom. The van der Waals surface area contributed by atoms with Crippen molar-refractivity contribution >= 4 is 33.5 Å². The van der Waals surface area contributed by atoms with Crippen molar-refractivity contribution in [1.29, 1.82) is 0 Å². The normalized spacial score (nSPS) is 11.3. The van der Waals surface area contributed by atoms with E-state index in [1.165, 1.54) is 27.8 Å². The molecule has 0 bridgehead atoms. The Labute approximate surface area is 191 Å². The maximum Gasteiger partial charge on any atom is 0.136 e. The Balaban J connectivity index is 1.65. The van der Waals surface area contributed by atoms with E-state index in [2.05, 4.69) is 91.0 Å². The first-order valence-corrected chi connectivity index (χ1v) is 11.0. The molecule has 2 heteroatoms. The van der Waals surface area contributed by atoms with Gasteiger partial charge < -0.3 is 4.42 Å². The highest BCUT2D eigenvalue weighted by Gasteiger charge is 2.17. The third-order valence-corrected chi connectivity index (χ3v) is 6.21. The van der Waals surface area contributed by atoms with E-state index in [1.807, 2.05) is 24.3 Å². The lowest BCUT2D eigenvalue weighted by Crippen LogP contribution is -1.89. The second kappa shape index (κ2) is 7.71. The summed E-state index contributed by atoms with van der Waals surface area (Å²) in [5, 5.41) is 2.83. The van der Waals surface area contributed by atoms with Gasteiger partial charge in [0, 0.05) is 15.8 Å². The summed E-state index contributed by atoms with van der Waals surface area (Å²) in [6, 6.07) is 39.8. The van der Waals surface area contributed by atoms with Gasteiger partial charge in [-0.2, -0.15) is 0 Å². The van der Waals surface area contributed by atoms with Crippen molar-refractivity contribution in [2.75, 3.05) is 0 Å². The molecule has 1 nitrogen and oxygen atoms in total. The molecule has 0 saturated carbocycles. The third kappa shape index (κ3) is 3.10. The summed E-state index contributed by atoms with van der Waals surface area (Å²) in [7, 11) is 0. The van der Waals surface area contributed by atoms with Gasteiger partial charge in [-0.05, 0) is 57.6 Å². The highest BCUT2D eigenvalue weighted by molar-refractivity contribution is 6.32. The number of furan rings is 1. The van der Waals surface area contributed by atoms with Gasteiger partial charge >= 0.3 is 0 Å². The molecule has 152 valence electrons. The van der Waals surface area contributed by atoms with E-state index >= 15 is 0 Å². The standard InChI is InChI=1S/C30H19ClO/c31-21-17-18-28-27(19-21)30-26(15-8-16-29(30)32-28)25-14-7-6-13-24(25)23-12-5-4-11-22(23)20-9-2-1-3-10-20/h1-19H. The average molecular weight is 431 g/mol. The Morgan fingerprint density at radius 1 is 0.469 bits per heavy atom. The Bertz CT molecular complexity index is 1580. The van der Waals surface area contributed by atoms with Crippen LogP contribution in [-0.2, 0) is 0 Å². The lowest BCUT2D eigenvalue weighted by molar-refractivity contribution is 0.669. The first-order chi connectivity index (χ1) is 15.8. The summed E-state index contributed by atoms with van der Waals surface area (Å²) in [5.41, 5.74) is 8.84. The molecule has 0 fully saturated rings. The number of benzene rings is 5. The van der Waals surface area contributed by atoms with Gasteiger partial charge in [-0.3, -0.25) is 0 Å². The predicted octanol–water partition coefficient (Wildman–Crippen LogP) is 9.24. The zero-order valence-electron chi connectivity index (χ0n) is 17.3. The monoisotopic (exact) mass is 430 g/mol. The molecule has 0 amide bonds. The Kier molecular flexibility index (Phi) is 4.56. The second-order valence-corrected chi connectivity index (χ2v) is 8.31. The van der Waals surface area contributed by atoms with Crippen molar-refractivity contribution in [1.82, 2.24) is 0 Å². The Morgan fingerprint density at radius 3 is 1.81 bits per heavy atom. The number of hydrogen-bond acceptors (Lipinski definition) is 1. The van der Waals surface area contributed by atoms with Crippen LogP contribution < -0.4 is 0 Å². The number of hydrogen-bond donors (Lipinski definition) is 0. The second-order valence-electron chi connectivity index (χ2n) is 7.88. The molecule has 32 heavy (non-hydrogen) atoms. The molecular weight excluding hydrogens is 412 g/mol. The zero-order valence-corrected chi connectivity index (χ0v) is 18.0. The smallest absolute Gasteiger partial charge is 0.136 e. The van der Waals surface area contributed by atoms with Crippen LogP contribution in [0.2, 0.25) is 5.02 Å². The molecule has 0 spiro atoms. The molecular formula is C30H19ClO. The maximum atomic E-state index is 6.35. The summed E-state index contributed by atoms with van der Waals surface area (Å²) in [6.45, 7) is 0. The molecule has 6 aromatic rings. The average Bonchev–Trinajstić information content (AvgIpc) is 3.22. The van der Waals surface area contributed by atoms with Crippen molar-refractivity contribution in [3.63, 3.8) is 0 Å². The minimum absolute atomic E-state index is 0.706. The van der Waals surface area contributed by atoms with Gasteiger partial charge in [0.15, 0.2) is 0 Å². The molecule has 0 saturated heterocycles. The molecule has 0 aliphatic rings. The molecule has 6 rings (SSSR count). The number of rotatable bonds is 3. The fraction of sp³-hybridized carbons (Fsp3) is 0. The van der Waals surface area contributed by atoms with Crippen LogP contribution in [0.25, 0.3) is 55.3 Å². The fourth-order valence-corrected chi connectivity index (χ4v) is 4.74. The molecule has 1 heterocycles. The summed E-state index contributed by atoms with van der Waals surface area (Å²) >= 11 is 6.35. The van der Waals surface area contributed by atoms with Crippen molar-refractivity contribution in [2.24, 2.45) is 0 Å². The topological polar surface area (TPSA) is 13.1 Å². The fourth-order valence-electron chi connectivity index (χ4n) is 4.56. The van der Waals surface area contributed by atoms with E-state index in [1.54, 1.807) is 0 Å². The molecule has 5 aromatic carbocycles. The van der Waals surface area contributed by atoms with Crippen LogP contribution in [0.4, 0.5) is 0 Å². The summed E-state index contributed by atoms with van der Waals surface area (Å²) < 4.78 is 6.15. The molecule has 1 aromatic heterocycles. The van der Waals surface area contributed by atoms with Crippen LogP contribution in [-0.4, -0.2) is 0 Å². The summed E-state index contributed by atoms with van der Waals surface area (Å²) in [5.74, 6) is 0. The van der Waals surface area contributed by atoms with Gasteiger partial charge in [0.05, 0.1) is 0 Å². The van der Waals surface area contributed by atoms with Gasteiger partial charge in [0.25, 0.3) is 0 Å². The Hall–Kier alpha value is -3.81. The molecule has 0 radical (unpaired) electrons. The van der Waals surface area contributed by atoms with E-state index in [-0.39, 0.29) is 0 Å². The first kappa shape index (κ1) is 18.9. The minimum atomic E-state index is 0.706. The molecule has 0 atom stereocenters. The highest BCUT2D eigenvalue weighted by Crippen LogP contribution is 2.43. The van der Waals surface area contributed by atoms with E-state index in [0.29, 0.717) is 5.02 Å². The van der Waals surface area contributed by atoms with Crippen molar-refractivity contribution in [2.45, 2.75) is 0 Å². The van der Waals surface area contributed by atoms with E-state index in [4.69, 9.17) is 16.0 Å². The highest BCUT2D eigenvalue weighted by atomic mass is 35.5. The molecule has 0 aliphatic heterocycles. The largest absolute Gasteiger partial charge is 0.456 e. The third-order valence-electron chi connectivity index (χ3n) is 5.98. The molecule has 0 N–H and O–H groups in total. The SMILES string of the molecule is Clc1ccc2oc3cccc(-c4ccccc4-c4ccccc4-c4ccccc4)c3c2c1.